The third-order valence-electron chi connectivity index (χ3n) is 1.75. The van der Waals surface area contributed by atoms with Crippen molar-refractivity contribution in [1.82, 2.24) is 9.55 Å². The highest BCUT2D eigenvalue weighted by Crippen LogP contribution is 2.22. The van der Waals surface area contributed by atoms with Crippen molar-refractivity contribution < 1.29 is 0 Å². The minimum atomic E-state index is 0.746. The monoisotopic (exact) mass is 237 g/mol. The number of hydrogen-bond donors (Lipinski definition) is 1. The molecule has 0 amide bonds. The van der Waals surface area contributed by atoms with Gasteiger partial charge in [0.25, 0.3) is 0 Å². The highest BCUT2D eigenvalue weighted by Gasteiger charge is 2.00. The van der Waals surface area contributed by atoms with Gasteiger partial charge in [-0.15, -0.1) is 0 Å². The number of nitrogens with two attached hydrogens (primary N) is 1. The lowest BCUT2D eigenvalue weighted by Gasteiger charge is -2.05. The van der Waals surface area contributed by atoms with Crippen LogP contribution < -0.4 is 5.73 Å². The van der Waals surface area contributed by atoms with Crippen molar-refractivity contribution in [3.05, 3.63) is 41.4 Å². The van der Waals surface area contributed by atoms with Gasteiger partial charge in [-0.05, 0) is 34.1 Å². The van der Waals surface area contributed by atoms with Crippen LogP contribution in [0.3, 0.4) is 0 Å². The third kappa shape index (κ3) is 1.58. The second-order valence-corrected chi connectivity index (χ2v) is 3.54. The number of rotatable bonds is 1. The maximum absolute atomic E-state index is 5.63. The van der Waals surface area contributed by atoms with Crippen molar-refractivity contribution in [2.24, 2.45) is 0 Å². The summed E-state index contributed by atoms with van der Waals surface area (Å²) in [5, 5.41) is 0. The van der Waals surface area contributed by atoms with Gasteiger partial charge in [-0.25, -0.2) is 4.98 Å². The predicted octanol–water partition coefficient (Wildman–Crippen LogP) is 2.22. The summed E-state index contributed by atoms with van der Waals surface area (Å²) in [6.07, 6.45) is 5.37. The first kappa shape index (κ1) is 8.31. The van der Waals surface area contributed by atoms with Gasteiger partial charge in [0.2, 0.25) is 0 Å². The summed E-state index contributed by atoms with van der Waals surface area (Å²) in [5.74, 6) is 0. The van der Waals surface area contributed by atoms with Crippen LogP contribution in [0.2, 0.25) is 0 Å². The van der Waals surface area contributed by atoms with Gasteiger partial charge < -0.3 is 10.3 Å². The molecule has 1 aromatic carbocycles. The largest absolute Gasteiger partial charge is 0.399 e. The summed E-state index contributed by atoms with van der Waals surface area (Å²) in [6.45, 7) is 0. The van der Waals surface area contributed by atoms with Crippen LogP contribution >= 0.6 is 15.9 Å². The van der Waals surface area contributed by atoms with Gasteiger partial charge in [0, 0.05) is 22.6 Å². The molecule has 0 aliphatic heterocycles. The van der Waals surface area contributed by atoms with Gasteiger partial charge in [-0.3, -0.25) is 0 Å². The van der Waals surface area contributed by atoms with E-state index in [0.717, 1.165) is 15.8 Å². The number of anilines is 1. The standard InChI is InChI=1S/C9H8BrN3/c10-8-5-7(11)1-2-9(8)13-4-3-12-6-13/h1-6H,11H2. The average molecular weight is 238 g/mol. The molecule has 4 heteroatoms. The fourth-order valence-electron chi connectivity index (χ4n) is 1.13. The molecule has 66 valence electrons. The van der Waals surface area contributed by atoms with Gasteiger partial charge >= 0.3 is 0 Å². The van der Waals surface area contributed by atoms with Crippen molar-refractivity contribution in [3.63, 3.8) is 0 Å². The molecule has 0 atom stereocenters. The molecule has 1 heterocycles. The lowest BCUT2D eigenvalue weighted by molar-refractivity contribution is 1.05. The number of halogens is 1. The zero-order valence-electron chi connectivity index (χ0n) is 6.81. The van der Waals surface area contributed by atoms with Gasteiger partial charge in [-0.2, -0.15) is 0 Å². The van der Waals surface area contributed by atoms with E-state index in [4.69, 9.17) is 5.73 Å². The van der Waals surface area contributed by atoms with E-state index in [0.29, 0.717) is 0 Å². The minimum absolute atomic E-state index is 0.746. The van der Waals surface area contributed by atoms with Gasteiger partial charge in [-0.1, -0.05) is 0 Å². The normalized spacial score (nSPS) is 10.2. The van der Waals surface area contributed by atoms with E-state index in [2.05, 4.69) is 20.9 Å². The number of hydrogen-bond acceptors (Lipinski definition) is 2. The molecule has 2 N–H and O–H groups in total. The smallest absolute Gasteiger partial charge is 0.0992 e. The Morgan fingerprint density at radius 1 is 1.38 bits per heavy atom. The van der Waals surface area contributed by atoms with Crippen LogP contribution in [-0.2, 0) is 0 Å². The zero-order valence-corrected chi connectivity index (χ0v) is 8.40. The minimum Gasteiger partial charge on any atom is -0.399 e. The molecule has 1 aromatic heterocycles. The number of aromatic nitrogens is 2. The number of nitrogens with zero attached hydrogens (tertiary/aromatic N) is 2. The number of nitrogen functional groups attached to an aromatic ring is 1. The molecule has 0 saturated heterocycles. The Kier molecular flexibility index (Phi) is 2.06. The molecule has 2 rings (SSSR count). The van der Waals surface area contributed by atoms with E-state index in [-0.39, 0.29) is 0 Å². The average Bonchev–Trinajstić information content (AvgIpc) is 2.56. The predicted molar refractivity (Wildman–Crippen MR) is 55.7 cm³/mol. The third-order valence-corrected chi connectivity index (χ3v) is 2.39. The Bertz CT molecular complexity index is 409. The van der Waals surface area contributed by atoms with Crippen LogP contribution in [0.5, 0.6) is 0 Å². The fourth-order valence-corrected chi connectivity index (χ4v) is 1.74. The summed E-state index contributed by atoms with van der Waals surface area (Å²) in [5.41, 5.74) is 7.41. The quantitative estimate of drug-likeness (QED) is 0.774. The van der Waals surface area contributed by atoms with Crippen molar-refractivity contribution in [3.8, 4) is 5.69 Å². The lowest BCUT2D eigenvalue weighted by atomic mass is 10.3. The van der Waals surface area contributed by atoms with E-state index in [1.807, 2.05) is 29.0 Å². The van der Waals surface area contributed by atoms with Crippen LogP contribution in [0.15, 0.2) is 41.4 Å². The van der Waals surface area contributed by atoms with Crippen LogP contribution in [-0.4, -0.2) is 9.55 Å². The molecule has 0 aliphatic rings. The van der Waals surface area contributed by atoms with Crippen molar-refractivity contribution >= 4 is 21.6 Å². The van der Waals surface area contributed by atoms with Crippen molar-refractivity contribution in [2.75, 3.05) is 5.73 Å². The Morgan fingerprint density at radius 2 is 2.23 bits per heavy atom. The van der Waals surface area contributed by atoms with Crippen LogP contribution in [0.1, 0.15) is 0 Å². The Morgan fingerprint density at radius 3 is 2.85 bits per heavy atom. The molecule has 0 fully saturated rings. The first-order valence-electron chi connectivity index (χ1n) is 3.81. The SMILES string of the molecule is Nc1ccc(-n2ccnc2)c(Br)c1. The van der Waals surface area contributed by atoms with Crippen LogP contribution in [0, 0.1) is 0 Å². The van der Waals surface area contributed by atoms with Crippen LogP contribution in [0.25, 0.3) is 5.69 Å². The van der Waals surface area contributed by atoms with E-state index in [9.17, 15) is 0 Å². The maximum atomic E-state index is 5.63. The Balaban J connectivity index is 2.53. The first-order chi connectivity index (χ1) is 6.27. The first-order valence-corrected chi connectivity index (χ1v) is 4.60. The van der Waals surface area contributed by atoms with E-state index in [1.165, 1.54) is 0 Å². The molecule has 0 unspecified atom stereocenters. The summed E-state index contributed by atoms with van der Waals surface area (Å²) in [4.78, 5) is 3.97. The molecule has 0 spiro atoms. The van der Waals surface area contributed by atoms with Crippen LogP contribution in [0.4, 0.5) is 5.69 Å². The van der Waals surface area contributed by atoms with Gasteiger partial charge in [0.1, 0.15) is 0 Å². The molecule has 0 radical (unpaired) electrons. The molecular formula is C9H8BrN3. The molecule has 2 aromatic rings. The molecule has 13 heavy (non-hydrogen) atoms. The van der Waals surface area contributed by atoms with E-state index in [1.54, 1.807) is 12.5 Å². The summed E-state index contributed by atoms with van der Waals surface area (Å²) in [6, 6.07) is 5.68. The van der Waals surface area contributed by atoms with Crippen molar-refractivity contribution in [2.45, 2.75) is 0 Å². The number of benzene rings is 1. The molecular weight excluding hydrogens is 230 g/mol. The molecule has 0 bridgehead atoms. The van der Waals surface area contributed by atoms with Gasteiger partial charge in [0.05, 0.1) is 12.0 Å². The molecule has 0 saturated carbocycles. The van der Waals surface area contributed by atoms with Gasteiger partial charge in [0.15, 0.2) is 0 Å². The van der Waals surface area contributed by atoms with E-state index >= 15 is 0 Å². The zero-order chi connectivity index (χ0) is 9.26. The highest BCUT2D eigenvalue weighted by molar-refractivity contribution is 9.10. The second kappa shape index (κ2) is 3.22. The molecule has 3 nitrogen and oxygen atoms in total. The number of imidazole rings is 1. The fraction of sp³-hybridized carbons (Fsp3) is 0. The Hall–Kier alpha value is -1.29. The van der Waals surface area contributed by atoms with Crippen molar-refractivity contribution in [1.29, 1.82) is 0 Å². The highest BCUT2D eigenvalue weighted by atomic mass is 79.9. The summed E-state index contributed by atoms with van der Waals surface area (Å²) in [7, 11) is 0. The van der Waals surface area contributed by atoms with E-state index < -0.39 is 0 Å². The second-order valence-electron chi connectivity index (χ2n) is 2.68. The Labute approximate surface area is 84.3 Å². The molecule has 0 aliphatic carbocycles. The summed E-state index contributed by atoms with van der Waals surface area (Å²) < 4.78 is 2.88. The topological polar surface area (TPSA) is 43.8 Å². The lowest BCUT2D eigenvalue weighted by Crippen LogP contribution is -1.93. The maximum Gasteiger partial charge on any atom is 0.0992 e. The summed E-state index contributed by atoms with van der Waals surface area (Å²) >= 11 is 3.44.